The molecule has 2 aliphatic heterocycles. The first-order valence-electron chi connectivity index (χ1n) is 13.7. The third-order valence-electron chi connectivity index (χ3n) is 8.56. The summed E-state index contributed by atoms with van der Waals surface area (Å²) in [6, 6.07) is 10.8. The molecule has 2 N–H and O–H groups in total. The van der Waals surface area contributed by atoms with Crippen molar-refractivity contribution in [3.8, 4) is 0 Å². The van der Waals surface area contributed by atoms with E-state index in [1.54, 1.807) is 25.7 Å². The Kier molecular flexibility index (Phi) is 6.65. The maximum atomic E-state index is 13.9. The van der Waals surface area contributed by atoms with Crippen LogP contribution in [0.5, 0.6) is 0 Å². The summed E-state index contributed by atoms with van der Waals surface area (Å²) in [5, 5.41) is 0.866. The quantitative estimate of drug-likeness (QED) is 0.547. The fraction of sp³-hybridized carbons (Fsp3) is 0.571. The van der Waals surface area contributed by atoms with Crippen LogP contribution in [0.2, 0.25) is 0 Å². The molecular weight excluding hydrogens is 456 g/mol. The Morgan fingerprint density at radius 2 is 1.69 bits per heavy atom. The molecule has 0 bridgehead atoms. The first kappa shape index (κ1) is 23.2. The number of nitrogens with one attached hydrogen (secondary N) is 2. The minimum atomic E-state index is -0.0555. The van der Waals surface area contributed by atoms with Crippen molar-refractivity contribution in [3.05, 3.63) is 67.2 Å². The Labute approximate surface area is 210 Å². The lowest BCUT2D eigenvalue weighted by atomic mass is 9.95. The minimum Gasteiger partial charge on any atom is -0.333 e. The molecule has 1 aliphatic carbocycles. The minimum absolute atomic E-state index is 0.00863. The zero-order valence-corrected chi connectivity index (χ0v) is 21.5. The second-order valence-corrected chi connectivity index (χ2v) is 12.0. The fourth-order valence-electron chi connectivity index (χ4n) is 6.65. The third-order valence-corrected chi connectivity index (χ3v) is 9.82. The van der Waals surface area contributed by atoms with Crippen LogP contribution in [0.25, 0.3) is 10.2 Å². The lowest BCUT2D eigenvalue weighted by Gasteiger charge is -2.25. The average Bonchev–Trinajstić information content (AvgIpc) is 3.53. The average molecular weight is 495 g/mol. The number of hydrogen-bond acceptors (Lipinski definition) is 3. The van der Waals surface area contributed by atoms with Gasteiger partial charge in [-0.25, -0.2) is 4.79 Å². The molecule has 3 aliphatic rings. The zero-order valence-electron chi connectivity index (χ0n) is 20.7. The number of rotatable bonds is 6. The zero-order chi connectivity index (χ0) is 23.8. The normalized spacial score (nSPS) is 21.5. The van der Waals surface area contributed by atoms with Gasteiger partial charge in [-0.3, -0.25) is 13.9 Å². The number of fused-ring (bicyclic) bond motifs is 3. The number of nitrogens with zero attached hydrogens (tertiary/aromatic N) is 2. The van der Waals surface area contributed by atoms with Crippen molar-refractivity contribution in [1.82, 2.24) is 9.13 Å². The molecule has 1 atom stereocenters. The van der Waals surface area contributed by atoms with Crippen LogP contribution in [0.1, 0.15) is 67.0 Å². The van der Waals surface area contributed by atoms with Gasteiger partial charge in [0, 0.05) is 30.9 Å². The van der Waals surface area contributed by atoms with Gasteiger partial charge in [0.1, 0.15) is 17.9 Å². The molecule has 6 nitrogen and oxygen atoms in total. The molecule has 1 saturated carbocycles. The van der Waals surface area contributed by atoms with Gasteiger partial charge < -0.3 is 9.80 Å². The summed E-state index contributed by atoms with van der Waals surface area (Å²) in [5.41, 5.74) is 2.53. The van der Waals surface area contributed by atoms with Gasteiger partial charge in [-0.1, -0.05) is 49.6 Å². The highest BCUT2D eigenvalue weighted by molar-refractivity contribution is 7.18. The van der Waals surface area contributed by atoms with E-state index in [1.165, 1.54) is 48.4 Å². The Morgan fingerprint density at radius 1 is 0.914 bits per heavy atom. The molecule has 0 spiro atoms. The maximum absolute atomic E-state index is 13.9. The number of quaternary nitrogens is 2. The van der Waals surface area contributed by atoms with E-state index in [1.807, 2.05) is 4.57 Å². The van der Waals surface area contributed by atoms with Gasteiger partial charge >= 0.3 is 5.69 Å². The molecule has 3 aromatic rings. The number of benzene rings is 1. The second kappa shape index (κ2) is 10.0. The SMILES string of the molecule is O=c1c2c3c(sc2n(CC[NH+]2CCCC2)c(=O)n1C1CCCCC1)C[NH+](Cc1ccccc1)CC3. The van der Waals surface area contributed by atoms with Gasteiger partial charge in [-0.2, -0.15) is 0 Å². The second-order valence-electron chi connectivity index (χ2n) is 10.9. The Balaban J connectivity index is 1.40. The van der Waals surface area contributed by atoms with E-state index in [0.29, 0.717) is 0 Å². The number of aromatic nitrogens is 2. The van der Waals surface area contributed by atoms with Gasteiger partial charge in [0.05, 0.1) is 43.0 Å². The first-order valence-corrected chi connectivity index (χ1v) is 14.5. The van der Waals surface area contributed by atoms with E-state index in [2.05, 4.69) is 30.3 Å². The first-order chi connectivity index (χ1) is 17.2. The number of thiophene rings is 1. The molecule has 7 heteroatoms. The predicted molar refractivity (Wildman–Crippen MR) is 141 cm³/mol. The molecular formula is C28H38N4O2S+2. The lowest BCUT2D eigenvalue weighted by Crippen LogP contribution is -3.10. The van der Waals surface area contributed by atoms with E-state index >= 15 is 0 Å². The Morgan fingerprint density at radius 3 is 2.46 bits per heavy atom. The van der Waals surface area contributed by atoms with Crippen molar-refractivity contribution < 1.29 is 9.80 Å². The fourth-order valence-corrected chi connectivity index (χ4v) is 8.08. The topological polar surface area (TPSA) is 52.9 Å². The largest absolute Gasteiger partial charge is 0.333 e. The van der Waals surface area contributed by atoms with E-state index in [-0.39, 0.29) is 17.3 Å². The van der Waals surface area contributed by atoms with E-state index < -0.39 is 0 Å². The number of likely N-dealkylation sites (tertiary alicyclic amines) is 1. The van der Waals surface area contributed by atoms with Crippen molar-refractivity contribution in [3.63, 3.8) is 0 Å². The standard InChI is InChI=1S/C28H36N4O2S/c33-26-25-23-13-16-30(19-21-9-3-1-4-10-21)20-24(23)35-27(25)31(18-17-29-14-7-8-15-29)28(34)32(26)22-11-5-2-6-12-22/h1,3-4,9-10,22H,2,5-8,11-20H2/p+2. The van der Waals surface area contributed by atoms with Crippen LogP contribution in [0.4, 0.5) is 0 Å². The molecule has 2 aromatic heterocycles. The van der Waals surface area contributed by atoms with Gasteiger partial charge in [-0.15, -0.1) is 11.3 Å². The van der Waals surface area contributed by atoms with Gasteiger partial charge in [0.25, 0.3) is 5.56 Å². The Hall–Kier alpha value is -2.22. The van der Waals surface area contributed by atoms with E-state index in [4.69, 9.17) is 0 Å². The molecule has 0 amide bonds. The maximum Gasteiger partial charge on any atom is 0.332 e. The van der Waals surface area contributed by atoms with Crippen LogP contribution in [0.3, 0.4) is 0 Å². The van der Waals surface area contributed by atoms with Crippen LogP contribution in [0, 0.1) is 0 Å². The highest BCUT2D eigenvalue weighted by Gasteiger charge is 2.30. The van der Waals surface area contributed by atoms with Crippen LogP contribution < -0.4 is 21.0 Å². The monoisotopic (exact) mass is 494 g/mol. The van der Waals surface area contributed by atoms with Crippen molar-refractivity contribution >= 4 is 21.6 Å². The molecule has 35 heavy (non-hydrogen) atoms. The smallest absolute Gasteiger partial charge is 0.332 e. The van der Waals surface area contributed by atoms with E-state index in [0.717, 1.165) is 75.0 Å². The van der Waals surface area contributed by atoms with Crippen molar-refractivity contribution in [1.29, 1.82) is 0 Å². The van der Waals surface area contributed by atoms with Crippen LogP contribution in [-0.4, -0.2) is 35.3 Å². The third kappa shape index (κ3) is 4.54. The summed E-state index contributed by atoms with van der Waals surface area (Å²) >= 11 is 1.73. The van der Waals surface area contributed by atoms with Crippen LogP contribution >= 0.6 is 11.3 Å². The van der Waals surface area contributed by atoms with Crippen molar-refractivity contribution in [2.75, 3.05) is 26.2 Å². The molecule has 4 heterocycles. The summed E-state index contributed by atoms with van der Waals surface area (Å²) in [6.07, 6.45) is 8.86. The molecule has 186 valence electrons. The summed E-state index contributed by atoms with van der Waals surface area (Å²) in [6.45, 7) is 7.10. The summed E-state index contributed by atoms with van der Waals surface area (Å²) < 4.78 is 3.67. The van der Waals surface area contributed by atoms with Crippen LogP contribution in [-0.2, 0) is 26.1 Å². The van der Waals surface area contributed by atoms with Crippen molar-refractivity contribution in [2.24, 2.45) is 0 Å². The summed E-state index contributed by atoms with van der Waals surface area (Å²) in [7, 11) is 0. The summed E-state index contributed by atoms with van der Waals surface area (Å²) in [5.74, 6) is 0. The van der Waals surface area contributed by atoms with Gasteiger partial charge in [0.2, 0.25) is 0 Å². The molecule has 1 saturated heterocycles. The van der Waals surface area contributed by atoms with Crippen molar-refractivity contribution in [2.45, 2.75) is 77.0 Å². The van der Waals surface area contributed by atoms with Crippen LogP contribution in [0.15, 0.2) is 39.9 Å². The Bertz CT molecular complexity index is 1300. The molecule has 1 unspecified atom stereocenters. The number of hydrogen-bond donors (Lipinski definition) is 2. The molecule has 1 aromatic carbocycles. The predicted octanol–water partition coefficient (Wildman–Crippen LogP) is 1.55. The molecule has 6 rings (SSSR count). The summed E-state index contributed by atoms with van der Waals surface area (Å²) in [4.78, 5) is 33.2. The lowest BCUT2D eigenvalue weighted by molar-refractivity contribution is -0.929. The van der Waals surface area contributed by atoms with Gasteiger partial charge in [-0.05, 0) is 18.4 Å². The highest BCUT2D eigenvalue weighted by atomic mass is 32.1. The molecule has 2 fully saturated rings. The highest BCUT2D eigenvalue weighted by Crippen LogP contribution is 2.31. The van der Waals surface area contributed by atoms with Gasteiger partial charge in [0.15, 0.2) is 0 Å². The molecule has 0 radical (unpaired) electrons. The van der Waals surface area contributed by atoms with E-state index in [9.17, 15) is 9.59 Å².